The zero-order chi connectivity index (χ0) is 38.6. The van der Waals surface area contributed by atoms with Gasteiger partial charge in [-0.1, -0.05) is 207 Å². The van der Waals surface area contributed by atoms with E-state index in [1.165, 1.54) is 103 Å². The minimum absolute atomic E-state index is 0.0487. The van der Waals surface area contributed by atoms with E-state index in [9.17, 15) is 24.9 Å². The molecule has 0 saturated carbocycles. The normalized spacial score (nSPS) is 14.8. The Morgan fingerprint density at radius 1 is 0.442 bits per heavy atom. The Labute approximate surface area is 324 Å². The van der Waals surface area contributed by atoms with Crippen molar-refractivity contribution in [3.8, 4) is 0 Å². The van der Waals surface area contributed by atoms with Gasteiger partial charge in [0, 0.05) is 12.8 Å². The summed E-state index contributed by atoms with van der Waals surface area (Å²) in [4.78, 5) is 27.9. The van der Waals surface area contributed by atoms with E-state index in [1.54, 1.807) is 0 Å². The maximum absolute atomic E-state index is 13.9. The second kappa shape index (κ2) is 35.6. The molecule has 0 rings (SSSR count). The molecule has 0 spiro atoms. The molecule has 0 saturated heterocycles. The van der Waals surface area contributed by atoms with Gasteiger partial charge in [-0.15, -0.1) is 0 Å². The largest absolute Gasteiger partial charge is 0.390 e. The molecule has 0 heterocycles. The molecule has 0 bridgehead atoms. The van der Waals surface area contributed by atoms with Crippen LogP contribution >= 0.6 is 0 Å². The van der Waals surface area contributed by atoms with Crippen molar-refractivity contribution in [3.63, 3.8) is 0 Å². The third-order valence-corrected chi connectivity index (χ3v) is 11.4. The van der Waals surface area contributed by atoms with E-state index >= 15 is 0 Å². The Morgan fingerprint density at radius 2 is 0.750 bits per heavy atom. The number of ketones is 2. The molecule has 0 aliphatic rings. The predicted octanol–water partition coefficient (Wildman–Crippen LogP) is 13.6. The van der Waals surface area contributed by atoms with Crippen LogP contribution in [0.5, 0.6) is 0 Å². The summed E-state index contributed by atoms with van der Waals surface area (Å²) in [5.74, 6) is -1.19. The summed E-state index contributed by atoms with van der Waals surface area (Å²) < 4.78 is 0. The van der Waals surface area contributed by atoms with Crippen LogP contribution in [-0.2, 0) is 9.59 Å². The highest BCUT2D eigenvalue weighted by Gasteiger charge is 2.61. The maximum atomic E-state index is 13.9. The molecule has 3 unspecified atom stereocenters. The van der Waals surface area contributed by atoms with E-state index in [0.29, 0.717) is 25.7 Å². The van der Waals surface area contributed by atoms with Gasteiger partial charge in [-0.05, 0) is 51.4 Å². The van der Waals surface area contributed by atoms with Gasteiger partial charge in [-0.25, -0.2) is 0 Å². The van der Waals surface area contributed by atoms with Crippen LogP contribution in [0.25, 0.3) is 0 Å². The number of rotatable bonds is 41. The third-order valence-electron chi connectivity index (χ3n) is 11.4. The van der Waals surface area contributed by atoms with Crippen molar-refractivity contribution in [2.24, 2.45) is 0 Å². The van der Waals surface area contributed by atoms with E-state index in [2.05, 4.69) is 39.8 Å². The first-order chi connectivity index (χ1) is 25.3. The average Bonchev–Trinajstić information content (AvgIpc) is 3.14. The SMILES string of the molecule is CCCCCCCC/C=C\CCCCCCCC(=O)C(O)(C(=O)CCCCCCCCCCCCCCC)C(O)(CCCCC)C(O)CCCCC. The average molecular weight is 735 g/mol. The van der Waals surface area contributed by atoms with Crippen molar-refractivity contribution in [3.05, 3.63) is 12.2 Å². The van der Waals surface area contributed by atoms with Crippen molar-refractivity contribution in [1.82, 2.24) is 0 Å². The fourth-order valence-electron chi connectivity index (χ4n) is 7.72. The van der Waals surface area contributed by atoms with Crippen LogP contribution < -0.4 is 0 Å². The van der Waals surface area contributed by atoms with Crippen LogP contribution in [0.2, 0.25) is 0 Å². The first-order valence-corrected chi connectivity index (χ1v) is 23.1. The third kappa shape index (κ3) is 23.7. The zero-order valence-corrected chi connectivity index (χ0v) is 35.3. The Hall–Kier alpha value is -1.04. The quantitative estimate of drug-likeness (QED) is 0.0330. The number of aliphatic hydroxyl groups is 3. The number of aliphatic hydroxyl groups excluding tert-OH is 1. The van der Waals surface area contributed by atoms with Gasteiger partial charge in [0.15, 0.2) is 11.6 Å². The molecule has 0 aromatic carbocycles. The molecule has 0 aromatic rings. The van der Waals surface area contributed by atoms with Gasteiger partial charge in [0.05, 0.1) is 6.10 Å². The smallest absolute Gasteiger partial charge is 0.212 e. The number of hydrogen-bond acceptors (Lipinski definition) is 5. The van der Waals surface area contributed by atoms with Crippen LogP contribution in [-0.4, -0.2) is 44.2 Å². The Morgan fingerprint density at radius 3 is 1.13 bits per heavy atom. The molecule has 52 heavy (non-hydrogen) atoms. The van der Waals surface area contributed by atoms with Gasteiger partial charge >= 0.3 is 0 Å². The first kappa shape index (κ1) is 51.0. The molecule has 308 valence electrons. The molecular formula is C47H90O5. The Kier molecular flexibility index (Phi) is 34.9. The topological polar surface area (TPSA) is 94.8 Å². The Bertz CT molecular complexity index is 840. The second-order valence-electron chi connectivity index (χ2n) is 16.3. The molecule has 0 radical (unpaired) electrons. The summed E-state index contributed by atoms with van der Waals surface area (Å²) in [6.07, 6.45) is 38.9. The van der Waals surface area contributed by atoms with Gasteiger partial charge in [0.25, 0.3) is 0 Å². The Balaban J connectivity index is 5.06. The lowest BCUT2D eigenvalue weighted by atomic mass is 9.67. The lowest BCUT2D eigenvalue weighted by Crippen LogP contribution is -2.69. The summed E-state index contributed by atoms with van der Waals surface area (Å²) >= 11 is 0. The van der Waals surface area contributed by atoms with E-state index in [4.69, 9.17) is 0 Å². The summed E-state index contributed by atoms with van der Waals surface area (Å²) in [5, 5.41) is 35.7. The van der Waals surface area contributed by atoms with Crippen LogP contribution in [0.4, 0.5) is 0 Å². The van der Waals surface area contributed by atoms with Gasteiger partial charge in [0.2, 0.25) is 5.60 Å². The molecule has 0 aliphatic carbocycles. The predicted molar refractivity (Wildman–Crippen MR) is 224 cm³/mol. The minimum atomic E-state index is -2.57. The van der Waals surface area contributed by atoms with Crippen LogP contribution in [0.15, 0.2) is 12.2 Å². The number of unbranched alkanes of at least 4 members (excludes halogenated alkanes) is 27. The second-order valence-corrected chi connectivity index (χ2v) is 16.3. The molecule has 5 nitrogen and oxygen atoms in total. The highest BCUT2D eigenvalue weighted by Crippen LogP contribution is 2.38. The fraction of sp³-hybridized carbons (Fsp3) is 0.915. The summed E-state index contributed by atoms with van der Waals surface area (Å²) in [5.41, 5.74) is -4.73. The molecule has 0 aromatic heterocycles. The first-order valence-electron chi connectivity index (χ1n) is 23.1. The number of carbonyl (C=O) groups is 2. The van der Waals surface area contributed by atoms with E-state index in [-0.39, 0.29) is 25.7 Å². The van der Waals surface area contributed by atoms with Crippen LogP contribution in [0.1, 0.15) is 259 Å². The van der Waals surface area contributed by atoms with Crippen molar-refractivity contribution in [1.29, 1.82) is 0 Å². The standard InChI is InChI=1S/C47H90O5/c1-5-9-13-15-17-19-21-23-24-26-28-30-32-34-37-41-45(50)47(52,46(51,42-38-12-8-4)43(48)39-35-11-7-3)44(49)40-36-33-31-29-27-25-22-20-18-16-14-10-6-2/h23-24,43,48,51-52H,5-22,25-42H2,1-4H3/b24-23-. The van der Waals surface area contributed by atoms with Gasteiger partial charge in [-0.3, -0.25) is 9.59 Å². The molecule has 0 aliphatic heterocycles. The fourth-order valence-corrected chi connectivity index (χ4v) is 7.72. The number of Topliss-reactive ketones (excluding diaryl/α,β-unsaturated/α-hetero) is 2. The van der Waals surface area contributed by atoms with Crippen molar-refractivity contribution in [2.45, 2.75) is 276 Å². The molecule has 0 amide bonds. The van der Waals surface area contributed by atoms with Crippen LogP contribution in [0, 0.1) is 0 Å². The lowest BCUT2D eigenvalue weighted by molar-refractivity contribution is -0.208. The van der Waals surface area contributed by atoms with E-state index in [1.807, 2.05) is 0 Å². The molecular weight excluding hydrogens is 645 g/mol. The maximum Gasteiger partial charge on any atom is 0.212 e. The molecule has 3 N–H and O–H groups in total. The van der Waals surface area contributed by atoms with Gasteiger partial charge < -0.3 is 15.3 Å². The highest BCUT2D eigenvalue weighted by molar-refractivity contribution is 6.11. The minimum Gasteiger partial charge on any atom is -0.390 e. The van der Waals surface area contributed by atoms with E-state index in [0.717, 1.165) is 77.0 Å². The van der Waals surface area contributed by atoms with Crippen molar-refractivity contribution >= 4 is 11.6 Å². The highest BCUT2D eigenvalue weighted by atomic mass is 16.4. The molecule has 5 heteroatoms. The van der Waals surface area contributed by atoms with Crippen molar-refractivity contribution < 1.29 is 24.9 Å². The van der Waals surface area contributed by atoms with Crippen LogP contribution in [0.3, 0.4) is 0 Å². The zero-order valence-electron chi connectivity index (χ0n) is 35.3. The summed E-state index contributed by atoms with van der Waals surface area (Å²) in [6, 6.07) is 0. The van der Waals surface area contributed by atoms with Gasteiger partial charge in [-0.2, -0.15) is 0 Å². The van der Waals surface area contributed by atoms with Gasteiger partial charge in [0.1, 0.15) is 5.60 Å². The number of hydrogen-bond donors (Lipinski definition) is 3. The number of allylic oxidation sites excluding steroid dienone is 2. The molecule has 0 fully saturated rings. The summed E-state index contributed by atoms with van der Waals surface area (Å²) in [6.45, 7) is 8.64. The van der Waals surface area contributed by atoms with Crippen molar-refractivity contribution in [2.75, 3.05) is 0 Å². The lowest BCUT2D eigenvalue weighted by Gasteiger charge is -2.44. The van der Waals surface area contributed by atoms with E-state index < -0.39 is 28.9 Å². The molecule has 3 atom stereocenters. The number of carbonyl (C=O) groups excluding carboxylic acids is 2. The monoisotopic (exact) mass is 735 g/mol. The summed E-state index contributed by atoms with van der Waals surface area (Å²) in [7, 11) is 0.